The molecule has 0 fully saturated rings. The Balaban J connectivity index is 2.20. The second kappa shape index (κ2) is 6.12. The maximum absolute atomic E-state index is 9.02. The third-order valence-corrected chi connectivity index (χ3v) is 3.44. The summed E-state index contributed by atoms with van der Waals surface area (Å²) in [5.74, 6) is 0. The molecule has 0 saturated carbocycles. The van der Waals surface area contributed by atoms with Gasteiger partial charge in [-0.05, 0) is 51.4 Å². The molecular weight excluding hydrogens is 224 g/mol. The van der Waals surface area contributed by atoms with Crippen LogP contribution >= 0.6 is 0 Å². The van der Waals surface area contributed by atoms with Gasteiger partial charge in [0, 0.05) is 0 Å². The lowest BCUT2D eigenvalue weighted by atomic mass is 9.97. The summed E-state index contributed by atoms with van der Waals surface area (Å²) in [5, 5.41) is 26.5. The van der Waals surface area contributed by atoms with Crippen LogP contribution in [0, 0.1) is 22.7 Å². The summed E-state index contributed by atoms with van der Waals surface area (Å²) >= 11 is 0. The average molecular weight is 240 g/mol. The largest absolute Gasteiger partial charge is 0.193 e. The molecule has 0 radical (unpaired) electrons. The molecule has 0 aromatic carbocycles. The summed E-state index contributed by atoms with van der Waals surface area (Å²) in [6, 6.07) is 4.42. The van der Waals surface area contributed by atoms with Gasteiger partial charge in [0.25, 0.3) is 0 Å². The van der Waals surface area contributed by atoms with Crippen LogP contribution in [0.2, 0.25) is 0 Å². The third-order valence-electron chi connectivity index (χ3n) is 3.44. The Hall–Kier alpha value is -1.94. The van der Waals surface area contributed by atoms with E-state index in [2.05, 4.69) is 22.4 Å². The summed E-state index contributed by atoms with van der Waals surface area (Å²) in [4.78, 5) is 0. The maximum atomic E-state index is 9.02. The predicted octanol–water partition coefficient (Wildman–Crippen LogP) is 4.14. The van der Waals surface area contributed by atoms with E-state index >= 15 is 0 Å². The lowest BCUT2D eigenvalue weighted by Crippen LogP contribution is -1.98. The number of allylic oxidation sites excluding steroid dienone is 4. The highest BCUT2D eigenvalue weighted by Crippen LogP contribution is 2.29. The van der Waals surface area contributed by atoms with Gasteiger partial charge in [0.1, 0.15) is 0 Å². The zero-order valence-electron chi connectivity index (χ0n) is 10.4. The molecule has 0 aromatic heterocycles. The average Bonchev–Trinajstić information content (AvgIpc) is 2.45. The van der Waals surface area contributed by atoms with Crippen LogP contribution < -0.4 is 0 Å². The van der Waals surface area contributed by atoms with E-state index in [4.69, 9.17) is 10.5 Å². The first-order valence-electron chi connectivity index (χ1n) is 6.51. The van der Waals surface area contributed by atoms with Gasteiger partial charge in [-0.1, -0.05) is 0 Å². The Labute approximate surface area is 107 Å². The van der Waals surface area contributed by atoms with Crippen molar-refractivity contribution < 1.29 is 0 Å². The molecule has 0 spiro atoms. The van der Waals surface area contributed by atoms with E-state index in [1.165, 1.54) is 0 Å². The van der Waals surface area contributed by atoms with E-state index in [0.29, 0.717) is 0 Å². The normalized spacial score (nSPS) is 21.0. The van der Waals surface area contributed by atoms with E-state index < -0.39 is 0 Å². The number of rotatable bonds is 2. The van der Waals surface area contributed by atoms with Gasteiger partial charge in [-0.2, -0.15) is 20.8 Å². The second-order valence-corrected chi connectivity index (χ2v) is 4.69. The number of nitrogens with zero attached hydrogens (tertiary/aromatic N) is 4. The minimum Gasteiger partial charge on any atom is -0.193 e. The predicted molar refractivity (Wildman–Crippen MR) is 67.1 cm³/mol. The lowest BCUT2D eigenvalue weighted by molar-refractivity contribution is 0.653. The molecule has 18 heavy (non-hydrogen) atoms. The van der Waals surface area contributed by atoms with Crippen molar-refractivity contribution in [2.24, 2.45) is 10.2 Å². The topological polar surface area (TPSA) is 72.3 Å². The molecule has 92 valence electrons. The highest BCUT2D eigenvalue weighted by Gasteiger charge is 2.14. The fourth-order valence-corrected chi connectivity index (χ4v) is 2.36. The molecule has 0 aromatic rings. The molecule has 0 aliphatic heterocycles. The third kappa shape index (κ3) is 2.84. The van der Waals surface area contributed by atoms with Gasteiger partial charge in [0.15, 0.2) is 0 Å². The van der Waals surface area contributed by atoms with Crippen molar-refractivity contribution in [1.29, 1.82) is 10.5 Å². The first kappa shape index (κ1) is 12.5. The summed E-state index contributed by atoms with van der Waals surface area (Å²) in [5.41, 5.74) is 3.16. The maximum Gasteiger partial charge on any atom is 0.0966 e. The van der Waals surface area contributed by atoms with Gasteiger partial charge in [-0.25, -0.2) is 0 Å². The molecule has 2 rings (SSSR count). The second-order valence-electron chi connectivity index (χ2n) is 4.69. The van der Waals surface area contributed by atoms with Gasteiger partial charge in [-0.15, -0.1) is 0 Å². The number of nitriles is 2. The van der Waals surface area contributed by atoms with Crippen molar-refractivity contribution in [3.8, 4) is 12.1 Å². The van der Waals surface area contributed by atoms with Crippen LogP contribution in [-0.2, 0) is 0 Å². The summed E-state index contributed by atoms with van der Waals surface area (Å²) < 4.78 is 0. The summed E-state index contributed by atoms with van der Waals surface area (Å²) in [7, 11) is 0. The Morgan fingerprint density at radius 2 is 1.06 bits per heavy atom. The number of hydrogen-bond donors (Lipinski definition) is 0. The van der Waals surface area contributed by atoms with Crippen molar-refractivity contribution in [1.82, 2.24) is 0 Å². The first-order valence-corrected chi connectivity index (χ1v) is 6.51. The molecule has 0 unspecified atom stereocenters. The van der Waals surface area contributed by atoms with E-state index in [-0.39, 0.29) is 0 Å². The van der Waals surface area contributed by atoms with Crippen LogP contribution in [0.25, 0.3) is 0 Å². The summed E-state index contributed by atoms with van der Waals surface area (Å²) in [6.07, 6.45) is 7.57. The highest BCUT2D eigenvalue weighted by atomic mass is 15.1. The van der Waals surface area contributed by atoms with Crippen LogP contribution in [0.4, 0.5) is 0 Å². The quantitative estimate of drug-likeness (QED) is 0.680. The Kier molecular flexibility index (Phi) is 4.25. The molecule has 2 aliphatic carbocycles. The Bertz CT molecular complexity index is 451. The lowest BCUT2D eigenvalue weighted by Gasteiger charge is -2.13. The molecule has 2 aliphatic rings. The molecule has 4 heteroatoms. The van der Waals surface area contributed by atoms with Crippen molar-refractivity contribution in [2.45, 2.75) is 51.4 Å². The van der Waals surface area contributed by atoms with E-state index in [9.17, 15) is 0 Å². The summed E-state index contributed by atoms with van der Waals surface area (Å²) in [6.45, 7) is 0. The van der Waals surface area contributed by atoms with Gasteiger partial charge in [0.2, 0.25) is 0 Å². The fraction of sp³-hybridized carbons (Fsp3) is 0.571. The van der Waals surface area contributed by atoms with Gasteiger partial charge >= 0.3 is 0 Å². The molecule has 0 N–H and O–H groups in total. The van der Waals surface area contributed by atoms with Crippen LogP contribution in [0.3, 0.4) is 0 Å². The van der Waals surface area contributed by atoms with Crippen molar-refractivity contribution in [3.63, 3.8) is 0 Å². The van der Waals surface area contributed by atoms with E-state index in [1.54, 1.807) is 0 Å². The molecule has 4 nitrogen and oxygen atoms in total. The first-order chi connectivity index (χ1) is 8.85. The van der Waals surface area contributed by atoms with Crippen LogP contribution in [0.1, 0.15) is 51.4 Å². The number of azo groups is 1. The zero-order valence-corrected chi connectivity index (χ0v) is 10.4. The fourth-order valence-electron chi connectivity index (χ4n) is 2.36. The Morgan fingerprint density at radius 3 is 1.44 bits per heavy atom. The van der Waals surface area contributed by atoms with Crippen molar-refractivity contribution in [3.05, 3.63) is 22.5 Å². The molecule has 0 bridgehead atoms. The molecule has 0 amide bonds. The SMILES string of the molecule is N#CC1=C(N=NC2=C(C#N)CCCC2)CCCC1. The van der Waals surface area contributed by atoms with Gasteiger partial charge in [0.05, 0.1) is 34.7 Å². The standard InChI is InChI=1S/C14H16N4/c15-9-11-5-1-3-7-13(11)17-18-14-8-4-2-6-12(14)10-16/h1-8H2. The van der Waals surface area contributed by atoms with Crippen LogP contribution in [0.15, 0.2) is 32.8 Å². The monoisotopic (exact) mass is 240 g/mol. The van der Waals surface area contributed by atoms with Crippen LogP contribution in [0.5, 0.6) is 0 Å². The van der Waals surface area contributed by atoms with Gasteiger partial charge < -0.3 is 0 Å². The van der Waals surface area contributed by atoms with Crippen LogP contribution in [-0.4, -0.2) is 0 Å². The smallest absolute Gasteiger partial charge is 0.0966 e. The minimum atomic E-state index is 0.764. The molecule has 0 atom stereocenters. The van der Waals surface area contributed by atoms with E-state index in [1.807, 2.05) is 0 Å². The molecular formula is C14H16N4. The molecule has 0 heterocycles. The number of hydrogen-bond acceptors (Lipinski definition) is 4. The van der Waals surface area contributed by atoms with Crippen molar-refractivity contribution >= 4 is 0 Å². The van der Waals surface area contributed by atoms with Gasteiger partial charge in [-0.3, -0.25) is 0 Å². The highest BCUT2D eigenvalue weighted by molar-refractivity contribution is 5.31. The van der Waals surface area contributed by atoms with Crippen molar-refractivity contribution in [2.75, 3.05) is 0 Å². The molecule has 0 saturated heterocycles. The Morgan fingerprint density at radius 1 is 0.667 bits per heavy atom. The van der Waals surface area contributed by atoms with E-state index in [0.717, 1.165) is 73.9 Å². The minimum absolute atomic E-state index is 0.764. The zero-order chi connectivity index (χ0) is 12.8.